The van der Waals surface area contributed by atoms with E-state index >= 15 is 0 Å². The fourth-order valence-corrected chi connectivity index (χ4v) is 2.07. The lowest BCUT2D eigenvalue weighted by Gasteiger charge is -2.13. The molecule has 0 aliphatic heterocycles. The molecule has 2 aromatic rings. The molecular weight excluding hydrogens is 288 g/mol. The Morgan fingerprint density at radius 3 is 2.78 bits per heavy atom. The SMILES string of the molecule is Cc1cc(CN[C@@H](C)c2ccccn2)ccc1Br. The van der Waals surface area contributed by atoms with Gasteiger partial charge in [0.2, 0.25) is 0 Å². The van der Waals surface area contributed by atoms with Crippen molar-refractivity contribution in [1.29, 1.82) is 0 Å². The zero-order valence-electron chi connectivity index (χ0n) is 10.7. The quantitative estimate of drug-likeness (QED) is 0.923. The van der Waals surface area contributed by atoms with Crippen LogP contribution in [0, 0.1) is 6.92 Å². The number of hydrogen-bond acceptors (Lipinski definition) is 2. The molecule has 0 spiro atoms. The largest absolute Gasteiger partial charge is 0.305 e. The number of nitrogens with zero attached hydrogens (tertiary/aromatic N) is 1. The fraction of sp³-hybridized carbons (Fsp3) is 0.267. The Morgan fingerprint density at radius 2 is 2.11 bits per heavy atom. The van der Waals surface area contributed by atoms with Crippen molar-refractivity contribution in [3.8, 4) is 0 Å². The summed E-state index contributed by atoms with van der Waals surface area (Å²) in [6.07, 6.45) is 1.83. The summed E-state index contributed by atoms with van der Waals surface area (Å²) in [5, 5.41) is 3.48. The van der Waals surface area contributed by atoms with E-state index in [2.05, 4.69) is 58.3 Å². The van der Waals surface area contributed by atoms with Crippen molar-refractivity contribution in [2.45, 2.75) is 26.4 Å². The molecular formula is C15H17BrN2. The molecule has 3 heteroatoms. The smallest absolute Gasteiger partial charge is 0.0570 e. The summed E-state index contributed by atoms with van der Waals surface area (Å²) in [7, 11) is 0. The molecule has 2 rings (SSSR count). The molecule has 0 aliphatic carbocycles. The lowest BCUT2D eigenvalue weighted by Crippen LogP contribution is -2.19. The van der Waals surface area contributed by atoms with Crippen LogP contribution >= 0.6 is 15.9 Å². The second-order valence-electron chi connectivity index (χ2n) is 4.44. The molecule has 0 bridgehead atoms. The van der Waals surface area contributed by atoms with E-state index in [9.17, 15) is 0 Å². The molecule has 1 heterocycles. The number of halogens is 1. The molecule has 1 atom stereocenters. The molecule has 0 saturated carbocycles. The monoisotopic (exact) mass is 304 g/mol. The maximum atomic E-state index is 4.35. The van der Waals surface area contributed by atoms with Gasteiger partial charge in [0.1, 0.15) is 0 Å². The normalized spacial score (nSPS) is 12.4. The Morgan fingerprint density at radius 1 is 1.28 bits per heavy atom. The van der Waals surface area contributed by atoms with E-state index in [1.807, 2.05) is 24.4 Å². The van der Waals surface area contributed by atoms with E-state index in [-0.39, 0.29) is 6.04 Å². The molecule has 1 N–H and O–H groups in total. The molecule has 0 amide bonds. The molecule has 0 unspecified atom stereocenters. The minimum Gasteiger partial charge on any atom is -0.305 e. The number of pyridine rings is 1. The van der Waals surface area contributed by atoms with Gasteiger partial charge in [0, 0.05) is 23.3 Å². The first kappa shape index (κ1) is 13.2. The average molecular weight is 305 g/mol. The van der Waals surface area contributed by atoms with Crippen LogP contribution in [0.4, 0.5) is 0 Å². The van der Waals surface area contributed by atoms with E-state index in [1.165, 1.54) is 11.1 Å². The third kappa shape index (κ3) is 3.40. The number of aryl methyl sites for hydroxylation is 1. The predicted molar refractivity (Wildman–Crippen MR) is 78.4 cm³/mol. The zero-order valence-corrected chi connectivity index (χ0v) is 12.2. The van der Waals surface area contributed by atoms with Crippen LogP contribution in [0.3, 0.4) is 0 Å². The second kappa shape index (κ2) is 6.12. The maximum absolute atomic E-state index is 4.35. The van der Waals surface area contributed by atoms with Crippen LogP contribution in [-0.2, 0) is 6.54 Å². The maximum Gasteiger partial charge on any atom is 0.0570 e. The third-order valence-electron chi connectivity index (χ3n) is 2.97. The van der Waals surface area contributed by atoms with Gasteiger partial charge in [-0.05, 0) is 43.2 Å². The standard InChI is InChI=1S/C15H17BrN2/c1-11-9-13(6-7-14(11)16)10-18-12(2)15-5-3-4-8-17-15/h3-9,12,18H,10H2,1-2H3/t12-/m0/s1. The average Bonchev–Trinajstić information content (AvgIpc) is 2.41. The minimum absolute atomic E-state index is 0.259. The van der Waals surface area contributed by atoms with Crippen LogP contribution in [-0.4, -0.2) is 4.98 Å². The Bertz CT molecular complexity index is 511. The number of benzene rings is 1. The van der Waals surface area contributed by atoms with Crippen molar-refractivity contribution in [1.82, 2.24) is 10.3 Å². The van der Waals surface area contributed by atoms with Gasteiger partial charge in [0.25, 0.3) is 0 Å². The van der Waals surface area contributed by atoms with Crippen molar-refractivity contribution < 1.29 is 0 Å². The van der Waals surface area contributed by atoms with E-state index in [0.717, 1.165) is 16.7 Å². The van der Waals surface area contributed by atoms with Gasteiger partial charge in [-0.1, -0.05) is 34.1 Å². The van der Waals surface area contributed by atoms with Gasteiger partial charge >= 0.3 is 0 Å². The molecule has 1 aromatic carbocycles. The second-order valence-corrected chi connectivity index (χ2v) is 5.30. The number of rotatable bonds is 4. The van der Waals surface area contributed by atoms with Crippen LogP contribution in [0.15, 0.2) is 47.1 Å². The van der Waals surface area contributed by atoms with Crippen LogP contribution < -0.4 is 5.32 Å². The van der Waals surface area contributed by atoms with Gasteiger partial charge in [0.15, 0.2) is 0 Å². The highest BCUT2D eigenvalue weighted by molar-refractivity contribution is 9.10. The molecule has 2 nitrogen and oxygen atoms in total. The summed E-state index contributed by atoms with van der Waals surface area (Å²) in [6, 6.07) is 12.7. The molecule has 0 aliphatic rings. The topological polar surface area (TPSA) is 24.9 Å². The summed E-state index contributed by atoms with van der Waals surface area (Å²) in [6.45, 7) is 5.09. The van der Waals surface area contributed by atoms with Crippen molar-refractivity contribution in [2.75, 3.05) is 0 Å². The van der Waals surface area contributed by atoms with Gasteiger partial charge in [-0.25, -0.2) is 0 Å². The predicted octanol–water partition coefficient (Wildman–Crippen LogP) is 4.00. The van der Waals surface area contributed by atoms with Crippen molar-refractivity contribution in [3.05, 3.63) is 63.9 Å². The van der Waals surface area contributed by atoms with Crippen LogP contribution in [0.2, 0.25) is 0 Å². The highest BCUT2D eigenvalue weighted by atomic mass is 79.9. The summed E-state index contributed by atoms with van der Waals surface area (Å²) >= 11 is 3.52. The van der Waals surface area contributed by atoms with E-state index in [1.54, 1.807) is 0 Å². The van der Waals surface area contributed by atoms with Gasteiger partial charge in [-0.15, -0.1) is 0 Å². The zero-order chi connectivity index (χ0) is 13.0. The third-order valence-corrected chi connectivity index (χ3v) is 3.86. The lowest BCUT2D eigenvalue weighted by atomic mass is 10.1. The van der Waals surface area contributed by atoms with Crippen molar-refractivity contribution in [2.24, 2.45) is 0 Å². The van der Waals surface area contributed by atoms with Crippen LogP contribution in [0.1, 0.15) is 29.8 Å². The van der Waals surface area contributed by atoms with Gasteiger partial charge < -0.3 is 5.32 Å². The van der Waals surface area contributed by atoms with Crippen molar-refractivity contribution >= 4 is 15.9 Å². The molecule has 1 aromatic heterocycles. The van der Waals surface area contributed by atoms with Crippen LogP contribution in [0.5, 0.6) is 0 Å². The molecule has 0 fully saturated rings. The number of nitrogens with one attached hydrogen (secondary N) is 1. The van der Waals surface area contributed by atoms with Gasteiger partial charge in [0.05, 0.1) is 5.69 Å². The summed E-state index contributed by atoms with van der Waals surface area (Å²) in [4.78, 5) is 4.35. The number of hydrogen-bond donors (Lipinski definition) is 1. The van der Waals surface area contributed by atoms with Gasteiger partial charge in [-0.3, -0.25) is 4.98 Å². The highest BCUT2D eigenvalue weighted by Crippen LogP contribution is 2.17. The van der Waals surface area contributed by atoms with Crippen molar-refractivity contribution in [3.63, 3.8) is 0 Å². The first-order valence-corrected chi connectivity index (χ1v) is 6.85. The Kier molecular flexibility index (Phi) is 4.50. The summed E-state index contributed by atoms with van der Waals surface area (Å²) in [5.74, 6) is 0. The fourth-order valence-electron chi connectivity index (χ4n) is 1.82. The Hall–Kier alpha value is -1.19. The number of aromatic nitrogens is 1. The summed E-state index contributed by atoms with van der Waals surface area (Å²) < 4.78 is 1.16. The van der Waals surface area contributed by atoms with E-state index in [4.69, 9.17) is 0 Å². The van der Waals surface area contributed by atoms with Crippen LogP contribution in [0.25, 0.3) is 0 Å². The first-order valence-electron chi connectivity index (χ1n) is 6.06. The highest BCUT2D eigenvalue weighted by Gasteiger charge is 2.05. The van der Waals surface area contributed by atoms with E-state index < -0.39 is 0 Å². The molecule has 94 valence electrons. The Balaban J connectivity index is 1.97. The molecule has 0 saturated heterocycles. The minimum atomic E-state index is 0.259. The Labute approximate surface area is 117 Å². The first-order chi connectivity index (χ1) is 8.66. The molecule has 18 heavy (non-hydrogen) atoms. The molecule has 0 radical (unpaired) electrons. The lowest BCUT2D eigenvalue weighted by molar-refractivity contribution is 0.561. The van der Waals surface area contributed by atoms with Gasteiger partial charge in [-0.2, -0.15) is 0 Å². The van der Waals surface area contributed by atoms with E-state index in [0.29, 0.717) is 0 Å². The summed E-state index contributed by atoms with van der Waals surface area (Å²) in [5.41, 5.74) is 3.63.